The Kier molecular flexibility index (Phi) is 4.51. The Morgan fingerprint density at radius 1 is 1.64 bits per heavy atom. The normalized spacial score (nSPS) is 12.4. The van der Waals surface area contributed by atoms with Gasteiger partial charge in [-0.15, -0.1) is 11.3 Å². The van der Waals surface area contributed by atoms with Crippen molar-refractivity contribution in [2.75, 3.05) is 20.6 Å². The van der Waals surface area contributed by atoms with Gasteiger partial charge in [-0.25, -0.2) is 0 Å². The van der Waals surface area contributed by atoms with Crippen LogP contribution >= 0.6 is 23.6 Å². The van der Waals surface area contributed by atoms with Crippen LogP contribution in [0, 0.1) is 3.95 Å². The standard InChI is InChI=1S/C10H16N2S2/c1-4-8(5-6-12(2)3)9-7-14-10(13)11-9/h5,7H,4,6H2,1-3H3,(H,11,13)/b8-5+. The van der Waals surface area contributed by atoms with E-state index in [1.807, 2.05) is 0 Å². The lowest BCUT2D eigenvalue weighted by atomic mass is 10.1. The SMILES string of the molecule is CC/C(=C\CN(C)C)c1csc(=S)[nH]1. The quantitative estimate of drug-likeness (QED) is 0.798. The third-order valence-corrected chi connectivity index (χ3v) is 3.01. The Labute approximate surface area is 94.3 Å². The van der Waals surface area contributed by atoms with Crippen LogP contribution in [-0.4, -0.2) is 30.5 Å². The number of thiazole rings is 1. The van der Waals surface area contributed by atoms with E-state index >= 15 is 0 Å². The number of H-pyrrole nitrogens is 1. The smallest absolute Gasteiger partial charge is 0.158 e. The van der Waals surface area contributed by atoms with E-state index in [1.165, 1.54) is 11.3 Å². The molecule has 1 rings (SSSR count). The van der Waals surface area contributed by atoms with Crippen LogP contribution in [0.15, 0.2) is 11.5 Å². The minimum Gasteiger partial charge on any atom is -0.337 e. The van der Waals surface area contributed by atoms with Gasteiger partial charge < -0.3 is 9.88 Å². The van der Waals surface area contributed by atoms with Crippen molar-refractivity contribution < 1.29 is 0 Å². The number of allylic oxidation sites excluding steroid dienone is 1. The van der Waals surface area contributed by atoms with E-state index in [0.29, 0.717) is 0 Å². The fraction of sp³-hybridized carbons (Fsp3) is 0.500. The lowest BCUT2D eigenvalue weighted by molar-refractivity contribution is 0.456. The lowest BCUT2D eigenvalue weighted by Crippen LogP contribution is -2.11. The summed E-state index contributed by atoms with van der Waals surface area (Å²) >= 11 is 6.65. The van der Waals surface area contributed by atoms with E-state index in [9.17, 15) is 0 Å². The van der Waals surface area contributed by atoms with Crippen LogP contribution in [0.1, 0.15) is 19.0 Å². The van der Waals surface area contributed by atoms with Crippen molar-refractivity contribution in [3.63, 3.8) is 0 Å². The molecule has 1 heterocycles. The van der Waals surface area contributed by atoms with Crippen molar-refractivity contribution >= 4 is 29.1 Å². The summed E-state index contributed by atoms with van der Waals surface area (Å²) in [4.78, 5) is 5.35. The summed E-state index contributed by atoms with van der Waals surface area (Å²) in [6, 6.07) is 0. The zero-order valence-electron chi connectivity index (χ0n) is 8.83. The van der Waals surface area contributed by atoms with Crippen LogP contribution in [-0.2, 0) is 0 Å². The van der Waals surface area contributed by atoms with E-state index < -0.39 is 0 Å². The van der Waals surface area contributed by atoms with E-state index in [-0.39, 0.29) is 0 Å². The van der Waals surface area contributed by atoms with Crippen LogP contribution in [0.5, 0.6) is 0 Å². The van der Waals surface area contributed by atoms with E-state index in [1.54, 1.807) is 11.3 Å². The number of hydrogen-bond donors (Lipinski definition) is 1. The molecule has 1 aromatic heterocycles. The largest absolute Gasteiger partial charge is 0.337 e. The van der Waals surface area contributed by atoms with Crippen molar-refractivity contribution in [1.82, 2.24) is 9.88 Å². The van der Waals surface area contributed by atoms with Gasteiger partial charge in [0.2, 0.25) is 0 Å². The molecule has 0 amide bonds. The number of aromatic amines is 1. The molecule has 0 saturated heterocycles. The fourth-order valence-electron chi connectivity index (χ4n) is 1.17. The second-order valence-corrected chi connectivity index (χ2v) is 4.95. The summed E-state index contributed by atoms with van der Waals surface area (Å²) < 4.78 is 0.851. The zero-order chi connectivity index (χ0) is 10.6. The van der Waals surface area contributed by atoms with Crippen LogP contribution in [0.3, 0.4) is 0 Å². The first-order chi connectivity index (χ1) is 6.63. The summed E-state index contributed by atoms with van der Waals surface area (Å²) in [6.45, 7) is 3.13. The molecule has 0 atom stereocenters. The molecule has 0 radical (unpaired) electrons. The van der Waals surface area contributed by atoms with Gasteiger partial charge in [0, 0.05) is 11.9 Å². The molecule has 14 heavy (non-hydrogen) atoms. The van der Waals surface area contributed by atoms with Gasteiger partial charge in [-0.2, -0.15) is 0 Å². The average molecular weight is 228 g/mol. The van der Waals surface area contributed by atoms with Gasteiger partial charge in [0.05, 0.1) is 5.69 Å². The highest BCUT2D eigenvalue weighted by molar-refractivity contribution is 7.73. The molecule has 1 N–H and O–H groups in total. The molecule has 0 aliphatic carbocycles. The summed E-state index contributed by atoms with van der Waals surface area (Å²) in [7, 11) is 4.14. The van der Waals surface area contributed by atoms with Crippen molar-refractivity contribution in [1.29, 1.82) is 0 Å². The molecule has 0 fully saturated rings. The van der Waals surface area contributed by atoms with Crippen LogP contribution in [0.25, 0.3) is 5.57 Å². The van der Waals surface area contributed by atoms with Gasteiger partial charge in [0.1, 0.15) is 0 Å². The summed E-state index contributed by atoms with van der Waals surface area (Å²) in [6.07, 6.45) is 3.28. The molecule has 4 heteroatoms. The predicted molar refractivity (Wildman–Crippen MR) is 66.3 cm³/mol. The van der Waals surface area contributed by atoms with Gasteiger partial charge in [-0.1, -0.05) is 13.0 Å². The zero-order valence-corrected chi connectivity index (χ0v) is 10.5. The average Bonchev–Trinajstić information content (AvgIpc) is 2.53. The summed E-state index contributed by atoms with van der Waals surface area (Å²) in [5.41, 5.74) is 2.51. The Morgan fingerprint density at radius 3 is 2.79 bits per heavy atom. The van der Waals surface area contributed by atoms with Gasteiger partial charge >= 0.3 is 0 Å². The maximum atomic E-state index is 5.06. The molecular formula is C10H16N2S2. The predicted octanol–water partition coefficient (Wildman–Crippen LogP) is 3.16. The molecule has 0 spiro atoms. The van der Waals surface area contributed by atoms with Crippen LogP contribution < -0.4 is 0 Å². The third kappa shape index (κ3) is 3.36. The van der Waals surface area contributed by atoms with Crippen LogP contribution in [0.2, 0.25) is 0 Å². The van der Waals surface area contributed by atoms with E-state index in [2.05, 4.69) is 42.4 Å². The molecular weight excluding hydrogens is 212 g/mol. The monoisotopic (exact) mass is 228 g/mol. The molecule has 0 saturated carbocycles. The molecule has 0 bridgehead atoms. The molecule has 78 valence electrons. The van der Waals surface area contributed by atoms with Crippen LogP contribution in [0.4, 0.5) is 0 Å². The molecule has 0 aliphatic heterocycles. The van der Waals surface area contributed by atoms with Crippen molar-refractivity contribution in [2.24, 2.45) is 0 Å². The maximum absolute atomic E-state index is 5.06. The Morgan fingerprint density at radius 2 is 2.36 bits per heavy atom. The first kappa shape index (κ1) is 11.6. The maximum Gasteiger partial charge on any atom is 0.158 e. The number of aromatic nitrogens is 1. The van der Waals surface area contributed by atoms with Crippen molar-refractivity contribution in [2.45, 2.75) is 13.3 Å². The molecule has 0 aromatic carbocycles. The summed E-state index contributed by atoms with van der Waals surface area (Å²) in [5, 5.41) is 2.09. The molecule has 0 unspecified atom stereocenters. The van der Waals surface area contributed by atoms with E-state index in [4.69, 9.17) is 12.2 Å². The number of nitrogens with zero attached hydrogens (tertiary/aromatic N) is 1. The van der Waals surface area contributed by atoms with Gasteiger partial charge in [0.25, 0.3) is 0 Å². The Balaban J connectivity index is 2.81. The third-order valence-electron chi connectivity index (χ3n) is 1.95. The molecule has 0 aliphatic rings. The highest BCUT2D eigenvalue weighted by Gasteiger charge is 2.00. The van der Waals surface area contributed by atoms with E-state index in [0.717, 1.165) is 16.9 Å². The number of nitrogens with one attached hydrogen (secondary N) is 1. The highest BCUT2D eigenvalue weighted by atomic mass is 32.1. The minimum absolute atomic E-state index is 0.851. The van der Waals surface area contributed by atoms with Crippen molar-refractivity contribution in [3.8, 4) is 0 Å². The van der Waals surface area contributed by atoms with Gasteiger partial charge in [-0.3, -0.25) is 0 Å². The number of hydrogen-bond acceptors (Lipinski definition) is 3. The topological polar surface area (TPSA) is 19.0 Å². The Hall–Kier alpha value is -0.450. The molecule has 1 aromatic rings. The number of likely N-dealkylation sites (N-methyl/N-ethyl adjacent to an activating group) is 1. The summed E-state index contributed by atoms with van der Waals surface area (Å²) in [5.74, 6) is 0. The van der Waals surface area contributed by atoms with Gasteiger partial charge in [-0.05, 0) is 38.3 Å². The van der Waals surface area contributed by atoms with Gasteiger partial charge in [0.15, 0.2) is 3.95 Å². The first-order valence-corrected chi connectivity index (χ1v) is 5.94. The molecule has 2 nitrogen and oxygen atoms in total. The first-order valence-electron chi connectivity index (χ1n) is 4.65. The minimum atomic E-state index is 0.851. The Bertz CT molecular complexity index is 360. The number of rotatable bonds is 4. The lowest BCUT2D eigenvalue weighted by Gasteiger charge is -2.07. The highest BCUT2D eigenvalue weighted by Crippen LogP contribution is 2.18. The van der Waals surface area contributed by atoms with Crippen molar-refractivity contribution in [3.05, 3.63) is 21.1 Å². The second kappa shape index (κ2) is 5.44. The fourth-order valence-corrected chi connectivity index (χ4v) is 2.03. The second-order valence-electron chi connectivity index (χ2n) is 3.41.